The zero-order valence-electron chi connectivity index (χ0n) is 17.4. The molecule has 2 aromatic heterocycles. The fourth-order valence-corrected chi connectivity index (χ4v) is 4.11. The predicted octanol–water partition coefficient (Wildman–Crippen LogP) is 4.64. The standard InChI is InChI=1S/C23H30N2O4/c1-16-14-19(18(3)25(16)20-8-5-4-6-9-20)11-12-23(27)29-15-22(26)24-17(2)21-10-7-13-28-21/h7,10-14,17,20H,4-6,8-9,15H2,1-3H3,(H,24,26)/b12-11+/t17-/m0/s1. The van der Waals surface area contributed by atoms with Crippen molar-refractivity contribution >= 4 is 18.0 Å². The van der Waals surface area contributed by atoms with Crippen molar-refractivity contribution in [2.24, 2.45) is 0 Å². The Kier molecular flexibility index (Phi) is 6.96. The first-order chi connectivity index (χ1) is 14.0. The Morgan fingerprint density at radius 1 is 1.31 bits per heavy atom. The number of furan rings is 1. The number of hydrogen-bond donors (Lipinski definition) is 1. The zero-order chi connectivity index (χ0) is 20.8. The van der Waals surface area contributed by atoms with Crippen molar-refractivity contribution in [1.82, 2.24) is 9.88 Å². The quantitative estimate of drug-likeness (QED) is 0.545. The number of ether oxygens (including phenoxy) is 1. The summed E-state index contributed by atoms with van der Waals surface area (Å²) >= 11 is 0. The van der Waals surface area contributed by atoms with Crippen molar-refractivity contribution in [2.75, 3.05) is 6.61 Å². The third-order valence-corrected chi connectivity index (χ3v) is 5.56. The van der Waals surface area contributed by atoms with E-state index in [0.717, 1.165) is 5.56 Å². The molecule has 1 N–H and O–H groups in total. The molecule has 2 heterocycles. The molecular formula is C23H30N2O4. The molecule has 0 unspecified atom stereocenters. The summed E-state index contributed by atoms with van der Waals surface area (Å²) in [7, 11) is 0. The van der Waals surface area contributed by atoms with Crippen LogP contribution in [0.15, 0.2) is 35.0 Å². The second-order valence-electron chi connectivity index (χ2n) is 7.73. The minimum atomic E-state index is -0.534. The molecule has 0 bridgehead atoms. The molecule has 0 saturated heterocycles. The van der Waals surface area contributed by atoms with Crippen molar-refractivity contribution in [3.63, 3.8) is 0 Å². The monoisotopic (exact) mass is 398 g/mol. The van der Waals surface area contributed by atoms with E-state index in [4.69, 9.17) is 9.15 Å². The number of carbonyl (C=O) groups is 2. The summed E-state index contributed by atoms with van der Waals surface area (Å²) in [5.74, 6) is -0.253. The SMILES string of the molecule is Cc1cc(/C=C/C(=O)OCC(=O)N[C@@H](C)c2ccco2)c(C)n1C1CCCCC1. The lowest BCUT2D eigenvalue weighted by molar-refractivity contribution is -0.144. The van der Waals surface area contributed by atoms with E-state index >= 15 is 0 Å². The van der Waals surface area contributed by atoms with E-state index in [1.807, 2.05) is 0 Å². The average Bonchev–Trinajstić information content (AvgIpc) is 3.34. The van der Waals surface area contributed by atoms with Crippen LogP contribution in [0.25, 0.3) is 6.08 Å². The summed E-state index contributed by atoms with van der Waals surface area (Å²) < 4.78 is 12.7. The minimum Gasteiger partial charge on any atom is -0.467 e. The Hall–Kier alpha value is -2.76. The number of nitrogens with zero attached hydrogens (tertiary/aromatic N) is 1. The molecule has 0 radical (unpaired) electrons. The van der Waals surface area contributed by atoms with Crippen LogP contribution in [0.5, 0.6) is 0 Å². The molecule has 3 rings (SSSR count). The van der Waals surface area contributed by atoms with Gasteiger partial charge in [-0.25, -0.2) is 4.79 Å². The zero-order valence-corrected chi connectivity index (χ0v) is 17.4. The van der Waals surface area contributed by atoms with Crippen LogP contribution < -0.4 is 5.32 Å². The third kappa shape index (κ3) is 5.40. The van der Waals surface area contributed by atoms with Gasteiger partial charge in [0.15, 0.2) is 6.61 Å². The van der Waals surface area contributed by atoms with Gasteiger partial charge in [0.2, 0.25) is 0 Å². The number of carbonyl (C=O) groups excluding carboxylic acids is 2. The molecule has 1 saturated carbocycles. The molecule has 0 spiro atoms. The van der Waals surface area contributed by atoms with E-state index in [2.05, 4.69) is 29.8 Å². The Bertz CT molecular complexity index is 858. The van der Waals surface area contributed by atoms with Crippen molar-refractivity contribution in [3.8, 4) is 0 Å². The van der Waals surface area contributed by atoms with Crippen LogP contribution in [0.2, 0.25) is 0 Å². The first kappa shape index (κ1) is 21.0. The number of nitrogens with one attached hydrogen (secondary N) is 1. The summed E-state index contributed by atoms with van der Waals surface area (Å²) in [5, 5.41) is 2.73. The largest absolute Gasteiger partial charge is 0.467 e. The van der Waals surface area contributed by atoms with Crippen LogP contribution in [0.1, 0.15) is 73.8 Å². The van der Waals surface area contributed by atoms with Crippen LogP contribution in [0.3, 0.4) is 0 Å². The van der Waals surface area contributed by atoms with Gasteiger partial charge >= 0.3 is 5.97 Å². The first-order valence-corrected chi connectivity index (χ1v) is 10.3. The van der Waals surface area contributed by atoms with Gasteiger partial charge < -0.3 is 19.0 Å². The average molecular weight is 399 g/mol. The van der Waals surface area contributed by atoms with Gasteiger partial charge in [-0.3, -0.25) is 4.79 Å². The third-order valence-electron chi connectivity index (χ3n) is 5.56. The molecule has 2 aromatic rings. The van der Waals surface area contributed by atoms with Gasteiger partial charge in [0.1, 0.15) is 5.76 Å². The van der Waals surface area contributed by atoms with Crippen LogP contribution >= 0.6 is 0 Å². The number of aryl methyl sites for hydroxylation is 1. The lowest BCUT2D eigenvalue weighted by Crippen LogP contribution is -2.30. The maximum atomic E-state index is 12.0. The normalized spacial score (nSPS) is 16.1. The second kappa shape index (κ2) is 9.63. The molecule has 1 amide bonds. The van der Waals surface area contributed by atoms with E-state index in [-0.39, 0.29) is 18.6 Å². The van der Waals surface area contributed by atoms with Gasteiger partial charge in [-0.1, -0.05) is 19.3 Å². The molecule has 6 heteroatoms. The van der Waals surface area contributed by atoms with Crippen LogP contribution in [0, 0.1) is 13.8 Å². The molecular weight excluding hydrogens is 368 g/mol. The number of aromatic nitrogens is 1. The Morgan fingerprint density at radius 3 is 2.76 bits per heavy atom. The van der Waals surface area contributed by atoms with E-state index in [1.54, 1.807) is 31.4 Å². The van der Waals surface area contributed by atoms with Gasteiger partial charge in [0.05, 0.1) is 12.3 Å². The first-order valence-electron chi connectivity index (χ1n) is 10.3. The van der Waals surface area contributed by atoms with Gasteiger partial charge in [-0.15, -0.1) is 0 Å². The Balaban J connectivity index is 1.52. The molecule has 0 aliphatic heterocycles. The Labute approximate surface area is 171 Å². The van der Waals surface area contributed by atoms with Crippen LogP contribution in [0.4, 0.5) is 0 Å². The van der Waals surface area contributed by atoms with Gasteiger partial charge in [0.25, 0.3) is 5.91 Å². The molecule has 156 valence electrons. The molecule has 1 aliphatic rings. The van der Waals surface area contributed by atoms with E-state index in [1.165, 1.54) is 49.6 Å². The van der Waals surface area contributed by atoms with Crippen molar-refractivity contribution < 1.29 is 18.7 Å². The van der Waals surface area contributed by atoms with Crippen molar-refractivity contribution in [1.29, 1.82) is 0 Å². The smallest absolute Gasteiger partial charge is 0.331 e. The predicted molar refractivity (Wildman–Crippen MR) is 111 cm³/mol. The molecule has 1 atom stereocenters. The topological polar surface area (TPSA) is 73.5 Å². The fraction of sp³-hybridized carbons (Fsp3) is 0.478. The highest BCUT2D eigenvalue weighted by Gasteiger charge is 2.19. The second-order valence-corrected chi connectivity index (χ2v) is 7.73. The number of esters is 1. The highest BCUT2D eigenvalue weighted by molar-refractivity contribution is 5.89. The summed E-state index contributed by atoms with van der Waals surface area (Å²) in [5.41, 5.74) is 3.40. The van der Waals surface area contributed by atoms with Gasteiger partial charge in [-0.2, -0.15) is 0 Å². The summed E-state index contributed by atoms with van der Waals surface area (Å²) in [4.78, 5) is 24.0. The van der Waals surface area contributed by atoms with Crippen molar-refractivity contribution in [2.45, 2.75) is 65.0 Å². The van der Waals surface area contributed by atoms with Gasteiger partial charge in [-0.05, 0) is 63.5 Å². The highest BCUT2D eigenvalue weighted by Crippen LogP contribution is 2.32. The lowest BCUT2D eigenvalue weighted by atomic mass is 9.95. The maximum absolute atomic E-state index is 12.0. The summed E-state index contributed by atoms with van der Waals surface area (Å²) in [6, 6.07) is 5.91. The van der Waals surface area contributed by atoms with Gasteiger partial charge in [0, 0.05) is 23.5 Å². The molecule has 6 nitrogen and oxygen atoms in total. The lowest BCUT2D eigenvalue weighted by Gasteiger charge is -2.26. The number of rotatable bonds is 7. The molecule has 1 fully saturated rings. The van der Waals surface area contributed by atoms with Crippen molar-refractivity contribution in [3.05, 3.63) is 53.2 Å². The fourth-order valence-electron chi connectivity index (χ4n) is 4.11. The number of amides is 1. The molecule has 29 heavy (non-hydrogen) atoms. The molecule has 1 aliphatic carbocycles. The van der Waals surface area contributed by atoms with Crippen LogP contribution in [-0.4, -0.2) is 23.1 Å². The molecule has 0 aromatic carbocycles. The van der Waals surface area contributed by atoms with E-state index < -0.39 is 5.97 Å². The summed E-state index contributed by atoms with van der Waals surface area (Å²) in [6.07, 6.45) is 11.0. The highest BCUT2D eigenvalue weighted by atomic mass is 16.5. The van der Waals surface area contributed by atoms with E-state index in [9.17, 15) is 9.59 Å². The van der Waals surface area contributed by atoms with Crippen LogP contribution in [-0.2, 0) is 14.3 Å². The number of hydrogen-bond acceptors (Lipinski definition) is 4. The Morgan fingerprint density at radius 2 is 2.07 bits per heavy atom. The maximum Gasteiger partial charge on any atom is 0.331 e. The van der Waals surface area contributed by atoms with E-state index in [0.29, 0.717) is 11.8 Å². The summed E-state index contributed by atoms with van der Waals surface area (Å²) in [6.45, 7) is 5.69. The minimum absolute atomic E-state index is 0.281.